The fraction of sp³-hybridized carbons (Fsp3) is 1.00. The molecule has 1 rings (SSSR count). The summed E-state index contributed by atoms with van der Waals surface area (Å²) < 4.78 is 0. The van der Waals surface area contributed by atoms with Crippen molar-refractivity contribution in [2.75, 3.05) is 6.61 Å². The normalized spacial score (nSPS) is 35.2. The van der Waals surface area contributed by atoms with Crippen molar-refractivity contribution in [1.29, 1.82) is 0 Å². The fourth-order valence-corrected chi connectivity index (χ4v) is 0.497. The van der Waals surface area contributed by atoms with E-state index in [4.69, 9.17) is 4.84 Å². The summed E-state index contributed by atoms with van der Waals surface area (Å²) in [7, 11) is 0. The van der Waals surface area contributed by atoms with Gasteiger partial charge in [-0.15, -0.1) is 5.11 Å². The van der Waals surface area contributed by atoms with Crippen molar-refractivity contribution in [3.63, 3.8) is 0 Å². The summed E-state index contributed by atoms with van der Waals surface area (Å²) in [5.41, 5.74) is -0.0278. The van der Waals surface area contributed by atoms with E-state index in [1.165, 1.54) is 0 Å². The van der Waals surface area contributed by atoms with Gasteiger partial charge in [-0.05, 0) is 13.3 Å². The third-order valence-electron chi connectivity index (χ3n) is 1.48. The average molecular weight is 114 g/mol. The van der Waals surface area contributed by atoms with E-state index in [1.54, 1.807) is 0 Å². The van der Waals surface area contributed by atoms with Gasteiger partial charge in [-0.2, -0.15) is 0 Å². The zero-order valence-electron chi connectivity index (χ0n) is 5.22. The molecule has 1 aliphatic heterocycles. The summed E-state index contributed by atoms with van der Waals surface area (Å²) in [5.74, 6) is 0. The highest BCUT2D eigenvalue weighted by molar-refractivity contribution is 4.80. The third-order valence-corrected chi connectivity index (χ3v) is 1.48. The first kappa shape index (κ1) is 5.54. The maximum Gasteiger partial charge on any atom is 0.145 e. The lowest BCUT2D eigenvalue weighted by atomic mass is 10.0. The third kappa shape index (κ3) is 0.804. The molecule has 0 bridgehead atoms. The molecular formula is C5H10N2O. The van der Waals surface area contributed by atoms with Gasteiger partial charge in [0.05, 0.1) is 0 Å². The number of hydrogen-bond donors (Lipinski definition) is 0. The molecular weight excluding hydrogens is 104 g/mol. The molecule has 0 saturated carbocycles. The lowest BCUT2D eigenvalue weighted by Gasteiger charge is -2.10. The average Bonchev–Trinajstić information content (AvgIpc) is 2.17. The van der Waals surface area contributed by atoms with Crippen molar-refractivity contribution in [2.45, 2.75) is 25.8 Å². The highest BCUT2D eigenvalue weighted by atomic mass is 16.7. The summed E-state index contributed by atoms with van der Waals surface area (Å²) in [6.45, 7) is 4.75. The SMILES string of the molecule is CCC1(C)CON=N1. The van der Waals surface area contributed by atoms with Crippen LogP contribution >= 0.6 is 0 Å². The molecule has 0 spiro atoms. The van der Waals surface area contributed by atoms with E-state index in [2.05, 4.69) is 17.3 Å². The van der Waals surface area contributed by atoms with Gasteiger partial charge in [0.15, 0.2) is 0 Å². The Labute approximate surface area is 48.7 Å². The minimum absolute atomic E-state index is 0.0278. The summed E-state index contributed by atoms with van der Waals surface area (Å²) in [6, 6.07) is 0. The first-order valence-corrected chi connectivity index (χ1v) is 2.81. The number of hydrogen-bond acceptors (Lipinski definition) is 3. The van der Waals surface area contributed by atoms with Crippen LogP contribution in [-0.2, 0) is 4.84 Å². The predicted molar refractivity (Wildman–Crippen MR) is 29.5 cm³/mol. The minimum atomic E-state index is -0.0278. The lowest BCUT2D eigenvalue weighted by molar-refractivity contribution is 0.147. The Balaban J connectivity index is 2.54. The molecule has 1 unspecified atom stereocenters. The van der Waals surface area contributed by atoms with Crippen LogP contribution in [0.3, 0.4) is 0 Å². The van der Waals surface area contributed by atoms with Crippen LogP contribution < -0.4 is 0 Å². The van der Waals surface area contributed by atoms with E-state index >= 15 is 0 Å². The van der Waals surface area contributed by atoms with E-state index in [0.29, 0.717) is 6.61 Å². The van der Waals surface area contributed by atoms with Gasteiger partial charge in [0.25, 0.3) is 0 Å². The molecule has 0 aromatic rings. The van der Waals surface area contributed by atoms with Gasteiger partial charge >= 0.3 is 0 Å². The summed E-state index contributed by atoms with van der Waals surface area (Å²) in [6.07, 6.45) is 0.997. The zero-order valence-corrected chi connectivity index (χ0v) is 5.22. The van der Waals surface area contributed by atoms with Gasteiger partial charge in [-0.1, -0.05) is 6.92 Å². The second-order valence-electron chi connectivity index (χ2n) is 2.31. The first-order valence-electron chi connectivity index (χ1n) is 2.81. The molecule has 0 amide bonds. The Kier molecular flexibility index (Phi) is 1.19. The van der Waals surface area contributed by atoms with Gasteiger partial charge in [0.1, 0.15) is 12.1 Å². The zero-order chi connectivity index (χ0) is 6.04. The Morgan fingerprint density at radius 1 is 1.75 bits per heavy atom. The van der Waals surface area contributed by atoms with Crippen LogP contribution in [0.25, 0.3) is 0 Å². The molecule has 46 valence electrons. The van der Waals surface area contributed by atoms with Crippen molar-refractivity contribution in [3.8, 4) is 0 Å². The van der Waals surface area contributed by atoms with Crippen LogP contribution in [-0.4, -0.2) is 12.1 Å². The van der Waals surface area contributed by atoms with E-state index in [0.717, 1.165) is 6.42 Å². The molecule has 0 aliphatic carbocycles. The van der Waals surface area contributed by atoms with Gasteiger partial charge in [0, 0.05) is 5.28 Å². The van der Waals surface area contributed by atoms with Gasteiger partial charge < -0.3 is 4.84 Å². The number of rotatable bonds is 1. The molecule has 3 nitrogen and oxygen atoms in total. The maximum atomic E-state index is 4.71. The highest BCUT2D eigenvalue weighted by Crippen LogP contribution is 2.20. The van der Waals surface area contributed by atoms with Crippen molar-refractivity contribution >= 4 is 0 Å². The second kappa shape index (κ2) is 1.73. The van der Waals surface area contributed by atoms with Gasteiger partial charge in [-0.3, -0.25) is 0 Å². The van der Waals surface area contributed by atoms with E-state index in [-0.39, 0.29) is 5.54 Å². The van der Waals surface area contributed by atoms with Crippen molar-refractivity contribution in [3.05, 3.63) is 0 Å². The molecule has 0 N–H and O–H groups in total. The van der Waals surface area contributed by atoms with Crippen molar-refractivity contribution < 1.29 is 4.84 Å². The molecule has 1 aliphatic rings. The summed E-state index contributed by atoms with van der Waals surface area (Å²) in [5, 5.41) is 7.32. The Morgan fingerprint density at radius 3 is 2.75 bits per heavy atom. The molecule has 0 saturated heterocycles. The van der Waals surface area contributed by atoms with Crippen molar-refractivity contribution in [1.82, 2.24) is 0 Å². The van der Waals surface area contributed by atoms with Crippen LogP contribution in [0.4, 0.5) is 0 Å². The van der Waals surface area contributed by atoms with E-state index in [1.807, 2.05) is 6.92 Å². The quantitative estimate of drug-likeness (QED) is 0.509. The number of nitrogens with zero attached hydrogens (tertiary/aromatic N) is 2. The van der Waals surface area contributed by atoms with Crippen LogP contribution in [0.15, 0.2) is 10.4 Å². The maximum absolute atomic E-state index is 4.71. The van der Waals surface area contributed by atoms with Crippen LogP contribution in [0.2, 0.25) is 0 Å². The Morgan fingerprint density at radius 2 is 2.50 bits per heavy atom. The lowest BCUT2D eigenvalue weighted by Crippen LogP contribution is -2.21. The van der Waals surface area contributed by atoms with Crippen molar-refractivity contribution in [2.24, 2.45) is 10.4 Å². The van der Waals surface area contributed by atoms with E-state index in [9.17, 15) is 0 Å². The molecule has 0 aromatic heterocycles. The topological polar surface area (TPSA) is 34.0 Å². The molecule has 8 heavy (non-hydrogen) atoms. The monoisotopic (exact) mass is 114 g/mol. The highest BCUT2D eigenvalue weighted by Gasteiger charge is 2.26. The molecule has 0 aromatic carbocycles. The minimum Gasteiger partial charge on any atom is -0.377 e. The van der Waals surface area contributed by atoms with Crippen LogP contribution in [0, 0.1) is 0 Å². The molecule has 0 radical (unpaired) electrons. The van der Waals surface area contributed by atoms with Crippen LogP contribution in [0.1, 0.15) is 20.3 Å². The predicted octanol–water partition coefficient (Wildman–Crippen LogP) is 1.55. The van der Waals surface area contributed by atoms with Gasteiger partial charge in [-0.25, -0.2) is 0 Å². The Hall–Kier alpha value is -0.600. The largest absolute Gasteiger partial charge is 0.377 e. The fourth-order valence-electron chi connectivity index (χ4n) is 0.497. The summed E-state index contributed by atoms with van der Waals surface area (Å²) in [4.78, 5) is 4.71. The standard InChI is InChI=1S/C5H10N2O/c1-3-5(2)4-8-7-6-5/h3-4H2,1-2H3. The summed E-state index contributed by atoms with van der Waals surface area (Å²) >= 11 is 0. The van der Waals surface area contributed by atoms with E-state index < -0.39 is 0 Å². The van der Waals surface area contributed by atoms with Gasteiger partial charge in [0.2, 0.25) is 0 Å². The second-order valence-corrected chi connectivity index (χ2v) is 2.31. The molecule has 1 atom stereocenters. The first-order chi connectivity index (χ1) is 3.77. The molecule has 1 heterocycles. The Bertz CT molecular complexity index is 113. The molecule has 0 fully saturated rings. The van der Waals surface area contributed by atoms with Crippen LogP contribution in [0.5, 0.6) is 0 Å². The smallest absolute Gasteiger partial charge is 0.145 e. The molecule has 3 heteroatoms.